The molecule has 1 saturated heterocycles. The maximum Gasteiger partial charge on any atom is 0.427 e. The molecule has 124 valence electrons. The van der Waals surface area contributed by atoms with Crippen LogP contribution in [0.3, 0.4) is 0 Å². The third-order valence-corrected chi connectivity index (χ3v) is 4.82. The van der Waals surface area contributed by atoms with Gasteiger partial charge in [-0.25, -0.2) is 9.37 Å². The summed E-state index contributed by atoms with van der Waals surface area (Å²) >= 11 is 6.36. The molecule has 1 unspecified atom stereocenters. The first-order chi connectivity index (χ1) is 10.8. The van der Waals surface area contributed by atoms with E-state index in [9.17, 15) is 17.6 Å². The Balaban J connectivity index is 1.78. The second kappa shape index (κ2) is 6.26. The molecular formula is C14H11ClF4N2OS. The maximum absolute atomic E-state index is 13.2. The van der Waals surface area contributed by atoms with Gasteiger partial charge in [-0.05, 0) is 17.7 Å². The number of hydrogen-bond donors (Lipinski definition) is 0. The van der Waals surface area contributed by atoms with Gasteiger partial charge < -0.3 is 9.64 Å². The van der Waals surface area contributed by atoms with E-state index < -0.39 is 23.0 Å². The van der Waals surface area contributed by atoms with Crippen LogP contribution in [0.25, 0.3) is 0 Å². The summed E-state index contributed by atoms with van der Waals surface area (Å²) in [6.07, 6.45) is -3.97. The van der Waals surface area contributed by atoms with Gasteiger partial charge in [-0.3, -0.25) is 0 Å². The predicted octanol–water partition coefficient (Wildman–Crippen LogP) is 4.53. The van der Waals surface area contributed by atoms with Crippen molar-refractivity contribution in [2.75, 3.05) is 24.6 Å². The number of benzene rings is 1. The van der Waals surface area contributed by atoms with Crippen molar-refractivity contribution in [1.29, 1.82) is 0 Å². The fourth-order valence-corrected chi connectivity index (χ4v) is 3.29. The van der Waals surface area contributed by atoms with Crippen LogP contribution in [0.1, 0.15) is 16.5 Å². The predicted molar refractivity (Wildman–Crippen MR) is 79.4 cm³/mol. The molecule has 0 radical (unpaired) electrons. The fourth-order valence-electron chi connectivity index (χ4n) is 2.28. The Kier molecular flexibility index (Phi) is 4.48. The van der Waals surface area contributed by atoms with Gasteiger partial charge in [-0.1, -0.05) is 29.0 Å². The van der Waals surface area contributed by atoms with Crippen LogP contribution in [0.4, 0.5) is 22.7 Å². The minimum atomic E-state index is -4.40. The molecule has 3 rings (SSSR count). The van der Waals surface area contributed by atoms with E-state index in [2.05, 4.69) is 4.98 Å². The second-order valence-electron chi connectivity index (χ2n) is 4.98. The maximum atomic E-state index is 13.2. The van der Waals surface area contributed by atoms with Crippen LogP contribution in [-0.4, -0.2) is 24.7 Å². The van der Waals surface area contributed by atoms with E-state index in [4.69, 9.17) is 16.3 Å². The molecule has 0 saturated carbocycles. The van der Waals surface area contributed by atoms with E-state index in [-0.39, 0.29) is 5.02 Å². The molecule has 0 amide bonds. The first-order valence-corrected chi connectivity index (χ1v) is 7.88. The lowest BCUT2D eigenvalue weighted by molar-refractivity contribution is -0.134. The molecule has 0 bridgehead atoms. The summed E-state index contributed by atoms with van der Waals surface area (Å²) in [6, 6.07) is 4.26. The van der Waals surface area contributed by atoms with Crippen LogP contribution >= 0.6 is 22.9 Å². The van der Waals surface area contributed by atoms with Crippen LogP contribution in [0, 0.1) is 5.82 Å². The lowest BCUT2D eigenvalue weighted by Gasteiger charge is -2.33. The van der Waals surface area contributed by atoms with Crippen molar-refractivity contribution < 1.29 is 22.3 Å². The molecule has 0 N–H and O–H groups in total. The third kappa shape index (κ3) is 3.59. The topological polar surface area (TPSA) is 25.4 Å². The lowest BCUT2D eigenvalue weighted by Crippen LogP contribution is -2.38. The molecule has 1 fully saturated rings. The van der Waals surface area contributed by atoms with E-state index in [1.165, 1.54) is 12.1 Å². The minimum Gasteiger partial charge on any atom is -0.370 e. The van der Waals surface area contributed by atoms with Gasteiger partial charge in [0.1, 0.15) is 16.8 Å². The van der Waals surface area contributed by atoms with Gasteiger partial charge in [-0.15, -0.1) is 0 Å². The van der Waals surface area contributed by atoms with Crippen LogP contribution in [-0.2, 0) is 10.9 Å². The zero-order valence-electron chi connectivity index (χ0n) is 11.6. The van der Waals surface area contributed by atoms with Crippen molar-refractivity contribution in [3.8, 4) is 0 Å². The van der Waals surface area contributed by atoms with Crippen LogP contribution in [0.2, 0.25) is 5.02 Å². The number of aromatic nitrogens is 1. The van der Waals surface area contributed by atoms with Crippen LogP contribution in [0.15, 0.2) is 24.4 Å². The summed E-state index contributed by atoms with van der Waals surface area (Å²) < 4.78 is 56.8. The molecule has 1 atom stereocenters. The molecule has 3 nitrogen and oxygen atoms in total. The van der Waals surface area contributed by atoms with Gasteiger partial charge in [0.05, 0.1) is 24.4 Å². The van der Waals surface area contributed by atoms with Gasteiger partial charge >= 0.3 is 6.18 Å². The van der Waals surface area contributed by atoms with Crippen molar-refractivity contribution in [3.05, 3.63) is 45.7 Å². The van der Waals surface area contributed by atoms with Crippen molar-refractivity contribution in [3.63, 3.8) is 0 Å². The number of halogens is 5. The number of morpholine rings is 1. The summed E-state index contributed by atoms with van der Waals surface area (Å²) in [5.74, 6) is -0.530. The molecule has 1 aromatic carbocycles. The highest BCUT2D eigenvalue weighted by Gasteiger charge is 2.34. The van der Waals surface area contributed by atoms with E-state index in [0.717, 1.165) is 6.20 Å². The van der Waals surface area contributed by atoms with Crippen molar-refractivity contribution in [2.24, 2.45) is 0 Å². The Labute approximate surface area is 138 Å². The monoisotopic (exact) mass is 366 g/mol. The van der Waals surface area contributed by atoms with E-state index in [1.807, 2.05) is 0 Å². The molecule has 0 aliphatic carbocycles. The second-order valence-corrected chi connectivity index (χ2v) is 6.40. The van der Waals surface area contributed by atoms with Crippen LogP contribution in [0.5, 0.6) is 0 Å². The number of thiazole rings is 1. The third-order valence-electron chi connectivity index (χ3n) is 3.43. The normalized spacial score (nSPS) is 19.2. The van der Waals surface area contributed by atoms with E-state index in [0.29, 0.717) is 41.7 Å². The van der Waals surface area contributed by atoms with Crippen molar-refractivity contribution >= 4 is 28.1 Å². The number of nitrogens with zero attached hydrogens (tertiary/aromatic N) is 2. The highest BCUT2D eigenvalue weighted by atomic mass is 35.5. The molecule has 1 aliphatic rings. The van der Waals surface area contributed by atoms with Gasteiger partial charge in [0.15, 0.2) is 5.13 Å². The standard InChI is InChI=1S/C14H11ClF4N2OS/c15-9-5-8(1-2-10(9)16)11-7-21(3-4-22-11)13-20-6-12(23-13)14(17,18)19/h1-2,5-6,11H,3-4,7H2. The highest BCUT2D eigenvalue weighted by Crippen LogP contribution is 2.37. The van der Waals surface area contributed by atoms with E-state index >= 15 is 0 Å². The molecule has 0 spiro atoms. The zero-order chi connectivity index (χ0) is 16.6. The summed E-state index contributed by atoms with van der Waals surface area (Å²) in [5, 5.41) is 0.274. The highest BCUT2D eigenvalue weighted by molar-refractivity contribution is 7.15. The Morgan fingerprint density at radius 1 is 1.35 bits per heavy atom. The quantitative estimate of drug-likeness (QED) is 0.730. The van der Waals surface area contributed by atoms with Gasteiger partial charge in [0.25, 0.3) is 0 Å². The number of rotatable bonds is 2. The molecule has 9 heteroatoms. The summed E-state index contributed by atoms with van der Waals surface area (Å²) in [6.45, 7) is 1.10. The van der Waals surface area contributed by atoms with Gasteiger partial charge in [0.2, 0.25) is 0 Å². The summed E-state index contributed by atoms with van der Waals surface area (Å²) in [7, 11) is 0. The largest absolute Gasteiger partial charge is 0.427 e. The lowest BCUT2D eigenvalue weighted by atomic mass is 10.1. The average Bonchev–Trinajstić information content (AvgIpc) is 3.00. The smallest absolute Gasteiger partial charge is 0.370 e. The zero-order valence-corrected chi connectivity index (χ0v) is 13.2. The first-order valence-electron chi connectivity index (χ1n) is 6.69. The Hall–Kier alpha value is -1.38. The molecule has 2 aromatic rings. The molecule has 1 aromatic heterocycles. The fraction of sp³-hybridized carbons (Fsp3) is 0.357. The first kappa shape index (κ1) is 16.5. The Morgan fingerprint density at radius 2 is 2.13 bits per heavy atom. The SMILES string of the molecule is Fc1ccc(C2CN(c3ncc(C(F)(F)F)s3)CCO2)cc1Cl. The Morgan fingerprint density at radius 3 is 2.78 bits per heavy atom. The number of anilines is 1. The number of alkyl halides is 3. The molecule has 2 heterocycles. The molecule has 1 aliphatic heterocycles. The summed E-state index contributed by atoms with van der Waals surface area (Å²) in [5.41, 5.74) is 0.675. The van der Waals surface area contributed by atoms with E-state index in [1.54, 1.807) is 11.0 Å². The minimum absolute atomic E-state index is 0.0168. The number of hydrogen-bond acceptors (Lipinski definition) is 4. The van der Waals surface area contributed by atoms with Crippen LogP contribution < -0.4 is 4.90 Å². The van der Waals surface area contributed by atoms with Crippen molar-refractivity contribution in [2.45, 2.75) is 12.3 Å². The van der Waals surface area contributed by atoms with Gasteiger partial charge in [-0.2, -0.15) is 13.2 Å². The average molecular weight is 367 g/mol. The summed E-state index contributed by atoms with van der Waals surface area (Å²) in [4.78, 5) is 4.84. The Bertz CT molecular complexity index is 706. The van der Waals surface area contributed by atoms with Gasteiger partial charge in [0, 0.05) is 6.54 Å². The molecule has 23 heavy (non-hydrogen) atoms. The van der Waals surface area contributed by atoms with Crippen molar-refractivity contribution in [1.82, 2.24) is 4.98 Å². The molecular weight excluding hydrogens is 356 g/mol. The number of ether oxygens (including phenoxy) is 1.